The van der Waals surface area contributed by atoms with Gasteiger partial charge in [-0.15, -0.1) is 0 Å². The van der Waals surface area contributed by atoms with E-state index >= 15 is 0 Å². The molecule has 14 aromatic rings. The van der Waals surface area contributed by atoms with E-state index in [9.17, 15) is 0 Å². The number of hydrogen-bond donors (Lipinski definition) is 0. The Morgan fingerprint density at radius 1 is 0.324 bits per heavy atom. The maximum Gasteiger partial charge on any atom is 0.195 e. The van der Waals surface area contributed by atoms with E-state index in [1.807, 2.05) is 12.1 Å². The smallest absolute Gasteiger partial charge is 0.195 e. The minimum absolute atomic E-state index is 0.674. The van der Waals surface area contributed by atoms with Crippen LogP contribution >= 0.6 is 0 Å². The number of imidazole rings is 1. The van der Waals surface area contributed by atoms with Crippen LogP contribution in [0, 0.1) is 6.57 Å². The van der Waals surface area contributed by atoms with Crippen molar-refractivity contribution >= 4 is 81.6 Å². The first-order valence-electron chi connectivity index (χ1n) is 23.1. The molecular weight excluding hydrogens is 825 g/mol. The summed E-state index contributed by atoms with van der Waals surface area (Å²) in [6.07, 6.45) is 0. The van der Waals surface area contributed by atoms with Gasteiger partial charge in [-0.05, 0) is 125 Å². The highest BCUT2D eigenvalue weighted by Crippen LogP contribution is 2.50. The highest BCUT2D eigenvalue weighted by atomic mass is 15.1. The molecule has 0 bridgehead atoms. The fraction of sp³-hybridized carbons (Fsp3) is 0. The van der Waals surface area contributed by atoms with Gasteiger partial charge < -0.3 is 4.57 Å². The lowest BCUT2D eigenvalue weighted by Crippen LogP contribution is -1.97. The molecule has 0 unspecified atom stereocenters. The van der Waals surface area contributed by atoms with E-state index in [0.717, 1.165) is 61.2 Å². The molecule has 4 nitrogen and oxygen atoms in total. The van der Waals surface area contributed by atoms with Crippen LogP contribution < -0.4 is 0 Å². The predicted octanol–water partition coefficient (Wildman–Crippen LogP) is 17.4. The Hall–Kier alpha value is -9.30. The second-order valence-corrected chi connectivity index (χ2v) is 17.6. The average Bonchev–Trinajstić information content (AvgIpc) is 3.97. The normalized spacial score (nSPS) is 11.8. The van der Waals surface area contributed by atoms with Gasteiger partial charge in [0.05, 0.1) is 28.6 Å². The van der Waals surface area contributed by atoms with Crippen molar-refractivity contribution in [3.8, 4) is 56.1 Å². The Morgan fingerprint density at radius 2 is 0.809 bits per heavy atom. The molecule has 0 radical (unpaired) electrons. The van der Waals surface area contributed by atoms with Crippen molar-refractivity contribution in [1.82, 2.24) is 14.1 Å². The number of benzene rings is 12. The summed E-state index contributed by atoms with van der Waals surface area (Å²) in [7, 11) is 0. The fourth-order valence-electron chi connectivity index (χ4n) is 11.2. The third kappa shape index (κ3) is 5.51. The molecule has 0 saturated heterocycles. The van der Waals surface area contributed by atoms with Crippen molar-refractivity contribution in [2.45, 2.75) is 0 Å². The van der Waals surface area contributed by atoms with Gasteiger partial charge in [0.15, 0.2) is 5.69 Å². The first kappa shape index (κ1) is 38.0. The molecule has 0 spiro atoms. The second-order valence-electron chi connectivity index (χ2n) is 17.6. The molecule has 68 heavy (non-hydrogen) atoms. The molecule has 0 aliphatic heterocycles. The van der Waals surface area contributed by atoms with Crippen LogP contribution in [0.5, 0.6) is 0 Å². The van der Waals surface area contributed by atoms with E-state index in [1.54, 1.807) is 0 Å². The maximum absolute atomic E-state index is 8.08. The highest BCUT2D eigenvalue weighted by molar-refractivity contribution is 6.32. The number of nitrogens with zero attached hydrogens (tertiary/aromatic N) is 4. The quantitative estimate of drug-likeness (QED) is 0.0929. The summed E-state index contributed by atoms with van der Waals surface area (Å²) in [6, 6.07) is 82.8. The van der Waals surface area contributed by atoms with Crippen molar-refractivity contribution in [3.63, 3.8) is 0 Å². The van der Waals surface area contributed by atoms with Gasteiger partial charge in [0.25, 0.3) is 0 Å². The summed E-state index contributed by atoms with van der Waals surface area (Å²) in [4.78, 5) is 9.06. The van der Waals surface area contributed by atoms with Gasteiger partial charge in [-0.25, -0.2) is 9.83 Å². The zero-order valence-electron chi connectivity index (χ0n) is 36.7. The van der Waals surface area contributed by atoms with E-state index in [4.69, 9.17) is 11.6 Å². The van der Waals surface area contributed by atoms with Crippen LogP contribution in [-0.2, 0) is 0 Å². The molecule has 0 aliphatic rings. The molecule has 0 saturated carbocycles. The summed E-state index contributed by atoms with van der Waals surface area (Å²) in [5.74, 6) is 0.927. The lowest BCUT2D eigenvalue weighted by molar-refractivity contribution is 1.10. The first-order chi connectivity index (χ1) is 33.7. The Labute approximate surface area is 392 Å². The summed E-state index contributed by atoms with van der Waals surface area (Å²) in [6.45, 7) is 8.08. The van der Waals surface area contributed by atoms with Gasteiger partial charge in [0.1, 0.15) is 5.82 Å². The van der Waals surface area contributed by atoms with Crippen LogP contribution in [0.25, 0.3) is 137 Å². The summed E-state index contributed by atoms with van der Waals surface area (Å²) in [5.41, 5.74) is 15.4. The van der Waals surface area contributed by atoms with Gasteiger partial charge in [0, 0.05) is 27.7 Å². The average molecular weight is 863 g/mol. The van der Waals surface area contributed by atoms with Gasteiger partial charge in [-0.1, -0.05) is 182 Å². The van der Waals surface area contributed by atoms with Gasteiger partial charge >= 0.3 is 0 Å². The summed E-state index contributed by atoms with van der Waals surface area (Å²) >= 11 is 0. The van der Waals surface area contributed by atoms with Crippen molar-refractivity contribution < 1.29 is 0 Å². The Morgan fingerprint density at radius 3 is 1.47 bits per heavy atom. The molecule has 0 fully saturated rings. The lowest BCUT2D eigenvalue weighted by Gasteiger charge is -2.20. The van der Waals surface area contributed by atoms with E-state index < -0.39 is 0 Å². The molecule has 14 rings (SSSR count). The molecule has 12 aromatic carbocycles. The first-order valence-corrected chi connectivity index (χ1v) is 23.1. The minimum atomic E-state index is 0.674. The molecule has 2 heterocycles. The fourth-order valence-corrected chi connectivity index (χ4v) is 11.2. The third-order valence-corrected chi connectivity index (χ3v) is 14.1. The van der Waals surface area contributed by atoms with Crippen molar-refractivity contribution in [3.05, 3.63) is 242 Å². The number of rotatable bonds is 6. The van der Waals surface area contributed by atoms with E-state index in [2.05, 4.69) is 232 Å². The van der Waals surface area contributed by atoms with E-state index in [-0.39, 0.29) is 0 Å². The zero-order chi connectivity index (χ0) is 44.9. The van der Waals surface area contributed by atoms with Crippen LogP contribution in [0.4, 0.5) is 5.69 Å². The molecule has 0 atom stereocenters. The molecular formula is C64H38N4. The van der Waals surface area contributed by atoms with Crippen molar-refractivity contribution in [1.29, 1.82) is 0 Å². The van der Waals surface area contributed by atoms with Crippen molar-refractivity contribution in [2.75, 3.05) is 0 Å². The highest BCUT2D eigenvalue weighted by Gasteiger charge is 2.24. The van der Waals surface area contributed by atoms with Crippen LogP contribution in [0.15, 0.2) is 231 Å². The third-order valence-electron chi connectivity index (χ3n) is 14.1. The number of hydrogen-bond acceptors (Lipinski definition) is 1. The number of fused-ring (bicyclic) bond motifs is 4. The van der Waals surface area contributed by atoms with Crippen LogP contribution in [-0.4, -0.2) is 14.1 Å². The molecule has 0 N–H and O–H groups in total. The largest absolute Gasteiger partial charge is 0.309 e. The van der Waals surface area contributed by atoms with Gasteiger partial charge in [0.2, 0.25) is 0 Å². The van der Waals surface area contributed by atoms with Gasteiger partial charge in [-0.2, -0.15) is 0 Å². The van der Waals surface area contributed by atoms with Gasteiger partial charge in [-0.3, -0.25) is 4.57 Å². The lowest BCUT2D eigenvalue weighted by atomic mass is 9.82. The molecule has 314 valence electrons. The Kier molecular flexibility index (Phi) is 8.31. The summed E-state index contributed by atoms with van der Waals surface area (Å²) < 4.78 is 4.62. The Balaban J connectivity index is 0.957. The number of para-hydroxylation sites is 3. The monoisotopic (exact) mass is 862 g/mol. The van der Waals surface area contributed by atoms with E-state index in [1.165, 1.54) is 70.9 Å². The van der Waals surface area contributed by atoms with Crippen molar-refractivity contribution in [2.24, 2.45) is 0 Å². The molecule has 4 heteroatoms. The molecule has 0 amide bonds. The SMILES string of the molecule is [C-]#[N+]c1ccc2c3c1ccc1c(-c4c5ccccc5c(-c5ccc(-c6ccc(-n7c(-c8ccccc8)nc8ccccc87)cc6)c6ccccc56)c5ccccc45)ccc(c13)n2-c1ccccc1. The standard InChI is InChI=1S/C64H38N4/c1-65-55-37-39-59-63-54(55)35-34-53-52(36-38-58(62(53)63)67(59)42-18-6-3-7-19-42)61-49-24-12-10-22-47(49)60(48-23-11-13-25-50(48)61)51-33-32-44(45-20-8-9-21-46(45)51)40-28-30-43(31-29-40)68-57-27-15-14-26-56(57)66-64(68)41-16-4-2-5-17-41/h2-39H. The van der Waals surface area contributed by atoms with E-state index in [0.29, 0.717) is 5.69 Å². The second kappa shape index (κ2) is 14.9. The van der Waals surface area contributed by atoms with Crippen LogP contribution in [0.1, 0.15) is 0 Å². The predicted molar refractivity (Wildman–Crippen MR) is 285 cm³/mol. The summed E-state index contributed by atoms with van der Waals surface area (Å²) in [5, 5.41) is 11.7. The minimum Gasteiger partial charge on any atom is -0.309 e. The van der Waals surface area contributed by atoms with Crippen LogP contribution in [0.3, 0.4) is 0 Å². The number of aromatic nitrogens is 3. The zero-order valence-corrected chi connectivity index (χ0v) is 36.7. The Bertz CT molecular complexity index is 4300. The topological polar surface area (TPSA) is 27.1 Å². The van der Waals surface area contributed by atoms with Crippen LogP contribution in [0.2, 0.25) is 0 Å². The molecule has 2 aromatic heterocycles. The maximum atomic E-state index is 8.08. The molecule has 0 aliphatic carbocycles.